The first-order valence-corrected chi connectivity index (χ1v) is 9.59. The molecule has 0 aromatic carbocycles. The monoisotopic (exact) mass is 358 g/mol. The number of rotatable bonds is 4. The van der Waals surface area contributed by atoms with Crippen LogP contribution >= 0.6 is 22.9 Å². The second-order valence-electron chi connectivity index (χ2n) is 4.99. The van der Waals surface area contributed by atoms with E-state index < -0.39 is 10.0 Å². The SMILES string of the molecule is O=S(=O)(Nc1ccc(N2CCCCC2)nn1)c1ccc(Cl)s1. The Hall–Kier alpha value is -1.38. The van der Waals surface area contributed by atoms with Crippen LogP contribution in [-0.4, -0.2) is 31.7 Å². The molecule has 0 amide bonds. The summed E-state index contributed by atoms with van der Waals surface area (Å²) >= 11 is 6.77. The Labute approximate surface area is 138 Å². The van der Waals surface area contributed by atoms with Crippen LogP contribution in [-0.2, 0) is 10.0 Å². The Morgan fingerprint density at radius 1 is 1.09 bits per heavy atom. The number of thiophene rings is 1. The summed E-state index contributed by atoms with van der Waals surface area (Å²) in [6.45, 7) is 1.93. The number of piperidine rings is 1. The van der Waals surface area contributed by atoms with Gasteiger partial charge in [0.15, 0.2) is 11.6 Å². The summed E-state index contributed by atoms with van der Waals surface area (Å²) in [5.74, 6) is 0.979. The summed E-state index contributed by atoms with van der Waals surface area (Å²) in [5, 5.41) is 8.07. The summed E-state index contributed by atoms with van der Waals surface area (Å²) in [6, 6.07) is 6.43. The lowest BCUT2D eigenvalue weighted by molar-refractivity contribution is 0.571. The summed E-state index contributed by atoms with van der Waals surface area (Å²) < 4.78 is 27.3. The van der Waals surface area contributed by atoms with Crippen LogP contribution in [0.25, 0.3) is 0 Å². The quantitative estimate of drug-likeness (QED) is 0.909. The number of hydrogen-bond donors (Lipinski definition) is 1. The zero-order valence-electron chi connectivity index (χ0n) is 11.7. The van der Waals surface area contributed by atoms with Crippen LogP contribution < -0.4 is 9.62 Å². The van der Waals surface area contributed by atoms with E-state index in [4.69, 9.17) is 11.6 Å². The molecule has 3 rings (SSSR count). The minimum absolute atomic E-state index is 0.152. The van der Waals surface area contributed by atoms with Gasteiger partial charge in [-0.05, 0) is 43.5 Å². The predicted molar refractivity (Wildman–Crippen MR) is 88.2 cm³/mol. The average molecular weight is 359 g/mol. The smallest absolute Gasteiger partial charge is 0.272 e. The second-order valence-corrected chi connectivity index (χ2v) is 8.61. The Morgan fingerprint density at radius 3 is 2.45 bits per heavy atom. The molecule has 118 valence electrons. The summed E-state index contributed by atoms with van der Waals surface area (Å²) in [6.07, 6.45) is 3.54. The third-order valence-corrected chi connectivity index (χ3v) is 6.46. The first-order chi connectivity index (χ1) is 10.5. The molecule has 0 radical (unpaired) electrons. The molecule has 0 unspecified atom stereocenters. The maximum Gasteiger partial charge on any atom is 0.272 e. The van der Waals surface area contributed by atoms with Gasteiger partial charge in [-0.25, -0.2) is 8.42 Å². The van der Waals surface area contributed by atoms with Gasteiger partial charge in [-0.1, -0.05) is 11.6 Å². The van der Waals surface area contributed by atoms with Crippen molar-refractivity contribution in [2.24, 2.45) is 0 Å². The molecule has 1 N–H and O–H groups in total. The molecule has 0 saturated carbocycles. The molecule has 0 bridgehead atoms. The molecule has 0 atom stereocenters. The minimum Gasteiger partial charge on any atom is -0.355 e. The highest BCUT2D eigenvalue weighted by Gasteiger charge is 2.18. The highest BCUT2D eigenvalue weighted by Crippen LogP contribution is 2.27. The summed E-state index contributed by atoms with van der Waals surface area (Å²) in [4.78, 5) is 2.16. The fourth-order valence-electron chi connectivity index (χ4n) is 2.30. The molecule has 6 nitrogen and oxygen atoms in total. The zero-order valence-corrected chi connectivity index (χ0v) is 14.1. The van der Waals surface area contributed by atoms with Gasteiger partial charge in [-0.3, -0.25) is 4.72 Å². The lowest BCUT2D eigenvalue weighted by Gasteiger charge is -2.27. The Bertz CT molecular complexity index is 740. The number of sulfonamides is 1. The third kappa shape index (κ3) is 3.50. The van der Waals surface area contributed by atoms with Crippen molar-refractivity contribution in [2.75, 3.05) is 22.7 Å². The Balaban J connectivity index is 1.73. The van der Waals surface area contributed by atoms with E-state index in [1.165, 1.54) is 12.5 Å². The summed E-state index contributed by atoms with van der Waals surface area (Å²) in [7, 11) is -3.66. The van der Waals surface area contributed by atoms with Gasteiger partial charge in [0.05, 0.1) is 4.34 Å². The highest BCUT2D eigenvalue weighted by molar-refractivity contribution is 7.94. The maximum absolute atomic E-state index is 12.2. The van der Waals surface area contributed by atoms with Crippen molar-refractivity contribution in [1.29, 1.82) is 0 Å². The molecule has 22 heavy (non-hydrogen) atoms. The van der Waals surface area contributed by atoms with Crippen molar-refractivity contribution >= 4 is 44.6 Å². The van der Waals surface area contributed by atoms with Crippen molar-refractivity contribution in [3.8, 4) is 0 Å². The van der Waals surface area contributed by atoms with Crippen LogP contribution in [0, 0.1) is 0 Å². The van der Waals surface area contributed by atoms with E-state index in [2.05, 4.69) is 19.8 Å². The molecular weight excluding hydrogens is 344 g/mol. The molecule has 1 saturated heterocycles. The lowest BCUT2D eigenvalue weighted by Crippen LogP contribution is -2.30. The lowest BCUT2D eigenvalue weighted by atomic mass is 10.1. The number of anilines is 2. The van der Waals surface area contributed by atoms with Gasteiger partial charge in [-0.15, -0.1) is 21.5 Å². The van der Waals surface area contributed by atoms with E-state index in [-0.39, 0.29) is 10.0 Å². The van der Waals surface area contributed by atoms with Gasteiger partial charge < -0.3 is 4.90 Å². The minimum atomic E-state index is -3.66. The predicted octanol–water partition coefficient (Wildman–Crippen LogP) is 2.98. The fourth-order valence-corrected chi connectivity index (χ4v) is 4.78. The number of aromatic nitrogens is 2. The van der Waals surface area contributed by atoms with Crippen LogP contribution in [0.15, 0.2) is 28.5 Å². The molecular formula is C13H15ClN4O2S2. The van der Waals surface area contributed by atoms with Crippen molar-refractivity contribution in [1.82, 2.24) is 10.2 Å². The van der Waals surface area contributed by atoms with Crippen LogP contribution in [0.3, 0.4) is 0 Å². The van der Waals surface area contributed by atoms with Gasteiger partial charge in [0.25, 0.3) is 10.0 Å². The van der Waals surface area contributed by atoms with Crippen LogP contribution in [0.2, 0.25) is 4.34 Å². The van der Waals surface area contributed by atoms with E-state index in [9.17, 15) is 8.42 Å². The molecule has 0 spiro atoms. The van der Waals surface area contributed by atoms with Crippen molar-refractivity contribution in [3.63, 3.8) is 0 Å². The molecule has 2 aromatic rings. The molecule has 1 aliphatic heterocycles. The first-order valence-electron chi connectivity index (χ1n) is 6.91. The Kier molecular flexibility index (Phi) is 4.51. The highest BCUT2D eigenvalue weighted by atomic mass is 35.5. The topological polar surface area (TPSA) is 75.2 Å². The van der Waals surface area contributed by atoms with Gasteiger partial charge in [0, 0.05) is 13.1 Å². The van der Waals surface area contributed by atoms with Crippen molar-refractivity contribution in [3.05, 3.63) is 28.6 Å². The first kappa shape index (κ1) is 15.5. The summed E-state index contributed by atoms with van der Waals surface area (Å²) in [5.41, 5.74) is 0. The van der Waals surface area contributed by atoms with Crippen molar-refractivity contribution in [2.45, 2.75) is 23.5 Å². The Morgan fingerprint density at radius 2 is 1.86 bits per heavy atom. The van der Waals surface area contributed by atoms with Gasteiger partial charge >= 0.3 is 0 Å². The average Bonchev–Trinajstić information content (AvgIpc) is 2.96. The number of nitrogens with zero attached hydrogens (tertiary/aromatic N) is 3. The van der Waals surface area contributed by atoms with Crippen LogP contribution in [0.5, 0.6) is 0 Å². The number of nitrogens with one attached hydrogen (secondary N) is 1. The van der Waals surface area contributed by atoms with E-state index in [1.54, 1.807) is 18.2 Å². The van der Waals surface area contributed by atoms with Gasteiger partial charge in [0.1, 0.15) is 4.21 Å². The van der Waals surface area contributed by atoms with E-state index in [0.29, 0.717) is 4.34 Å². The molecule has 1 fully saturated rings. The van der Waals surface area contributed by atoms with Crippen LogP contribution in [0.1, 0.15) is 19.3 Å². The number of halogens is 1. The van der Waals surface area contributed by atoms with Crippen LogP contribution in [0.4, 0.5) is 11.6 Å². The fraction of sp³-hybridized carbons (Fsp3) is 0.385. The zero-order chi connectivity index (χ0) is 15.6. The number of hydrogen-bond acceptors (Lipinski definition) is 6. The second kappa shape index (κ2) is 6.39. The third-order valence-electron chi connectivity index (χ3n) is 3.38. The molecule has 9 heteroatoms. The van der Waals surface area contributed by atoms with Gasteiger partial charge in [-0.2, -0.15) is 0 Å². The maximum atomic E-state index is 12.2. The van der Waals surface area contributed by atoms with Gasteiger partial charge in [0.2, 0.25) is 0 Å². The van der Waals surface area contributed by atoms with Crippen molar-refractivity contribution < 1.29 is 8.42 Å². The van der Waals surface area contributed by atoms with E-state index in [1.807, 2.05) is 0 Å². The molecule has 0 aliphatic carbocycles. The molecule has 2 aromatic heterocycles. The molecule has 1 aliphatic rings. The standard InChI is InChI=1S/C13H15ClN4O2S2/c14-10-4-7-13(21-10)22(19,20)17-11-5-6-12(16-15-11)18-8-2-1-3-9-18/h4-7H,1-3,8-9H2,(H,15,17). The van der Waals surface area contributed by atoms with E-state index >= 15 is 0 Å². The molecule has 3 heterocycles. The largest absolute Gasteiger partial charge is 0.355 e. The van der Waals surface area contributed by atoms with E-state index in [0.717, 1.165) is 43.1 Å². The normalized spacial score (nSPS) is 15.8.